The molecule has 0 unspecified atom stereocenters. The highest BCUT2D eigenvalue weighted by Crippen LogP contribution is 2.61. The van der Waals surface area contributed by atoms with Gasteiger partial charge in [-0.25, -0.2) is 4.98 Å². The van der Waals surface area contributed by atoms with Gasteiger partial charge in [-0.2, -0.15) is 0 Å². The minimum absolute atomic E-state index is 0.129. The monoisotopic (exact) mass is 473 g/mol. The summed E-state index contributed by atoms with van der Waals surface area (Å²) in [4.78, 5) is 41.2. The number of hydrogen-bond acceptors (Lipinski definition) is 4. The average Bonchev–Trinajstić information content (AvgIpc) is 3.06. The Balaban J connectivity index is 1.58. The topological polar surface area (TPSA) is 84.3 Å². The van der Waals surface area contributed by atoms with Gasteiger partial charge in [0.25, 0.3) is 0 Å². The van der Waals surface area contributed by atoms with E-state index in [-0.39, 0.29) is 40.4 Å². The number of aromatic nitrogens is 1. The fraction of sp³-hybridized carbons (Fsp3) is 0.704. The summed E-state index contributed by atoms with van der Waals surface area (Å²) < 4.78 is 0. The number of aldehydes is 2. The zero-order valence-corrected chi connectivity index (χ0v) is 20.9. The van der Waals surface area contributed by atoms with E-state index in [1.165, 1.54) is 5.56 Å². The third-order valence-electron chi connectivity index (χ3n) is 9.72. The summed E-state index contributed by atoms with van der Waals surface area (Å²) >= 11 is 6.22. The normalized spacial score (nSPS) is 38.3. The van der Waals surface area contributed by atoms with E-state index in [1.54, 1.807) is 13.8 Å². The summed E-state index contributed by atoms with van der Waals surface area (Å²) in [7, 11) is 0. The number of carboxylic acids is 1. The van der Waals surface area contributed by atoms with Gasteiger partial charge in [-0.3, -0.25) is 4.79 Å². The number of carbonyl (C=O) groups excluding carboxylic acids is 2. The molecule has 180 valence electrons. The largest absolute Gasteiger partial charge is 0.481 e. The Morgan fingerprint density at radius 2 is 1.91 bits per heavy atom. The summed E-state index contributed by atoms with van der Waals surface area (Å²) in [5, 5.41) is 10.0. The van der Waals surface area contributed by atoms with Gasteiger partial charge in [0.1, 0.15) is 17.7 Å². The summed E-state index contributed by atoms with van der Waals surface area (Å²) in [6.45, 7) is 7.96. The van der Waals surface area contributed by atoms with Crippen LogP contribution in [0.5, 0.6) is 0 Å². The molecule has 0 aliphatic heterocycles. The number of fused-ring (bicyclic) bond motifs is 3. The molecule has 0 aromatic carbocycles. The molecular weight excluding hydrogens is 438 g/mol. The van der Waals surface area contributed by atoms with E-state index < -0.39 is 11.4 Å². The first-order valence-electron chi connectivity index (χ1n) is 12.3. The highest BCUT2D eigenvalue weighted by Gasteiger charge is 2.58. The van der Waals surface area contributed by atoms with Crippen LogP contribution >= 0.6 is 11.6 Å². The molecule has 33 heavy (non-hydrogen) atoms. The molecular formula is C27H36ClNO4. The van der Waals surface area contributed by atoms with Gasteiger partial charge in [0.15, 0.2) is 0 Å². The molecule has 1 aromatic rings. The molecule has 0 bridgehead atoms. The van der Waals surface area contributed by atoms with E-state index in [0.29, 0.717) is 18.0 Å². The molecule has 2 fully saturated rings. The first kappa shape index (κ1) is 24.4. The molecule has 3 aliphatic carbocycles. The van der Waals surface area contributed by atoms with Gasteiger partial charge in [0, 0.05) is 17.3 Å². The first-order chi connectivity index (χ1) is 15.5. The van der Waals surface area contributed by atoms with Crippen molar-refractivity contribution in [2.24, 2.45) is 40.4 Å². The predicted octanol–water partition coefficient (Wildman–Crippen LogP) is 5.51. The predicted molar refractivity (Wildman–Crippen MR) is 127 cm³/mol. The molecule has 6 heteroatoms. The lowest BCUT2D eigenvalue weighted by atomic mass is 9.49. The van der Waals surface area contributed by atoms with Gasteiger partial charge >= 0.3 is 5.97 Å². The lowest BCUT2D eigenvalue weighted by molar-refractivity contribution is -0.149. The average molecular weight is 474 g/mol. The van der Waals surface area contributed by atoms with Crippen molar-refractivity contribution in [1.82, 2.24) is 4.98 Å². The highest BCUT2D eigenvalue weighted by atomic mass is 35.5. The van der Waals surface area contributed by atoms with E-state index >= 15 is 0 Å². The molecule has 2 saturated carbocycles. The Bertz CT molecular complexity index is 961. The van der Waals surface area contributed by atoms with Crippen molar-refractivity contribution in [3.8, 4) is 0 Å². The second kappa shape index (κ2) is 8.48. The number of pyridine rings is 1. The van der Waals surface area contributed by atoms with Crippen LogP contribution < -0.4 is 0 Å². The summed E-state index contributed by atoms with van der Waals surface area (Å²) in [6, 6.07) is 3.88. The standard InChI is InChI=1S/C27H36ClNO4/c1-25(2,24(32)33)13-16-7-9-26(3,18(11-16)14-30)20-8-10-27(4)21(19(20)15-31)12-17-5-6-22(28)29-23(17)27/h5-6,14-16,18-21H,7-13H2,1-4H3,(H,32,33)/t16-,18+,19+,20-,21-,26-,27-/m0/s1. The second-order valence-corrected chi connectivity index (χ2v) is 12.4. The molecule has 0 spiro atoms. The van der Waals surface area contributed by atoms with Gasteiger partial charge in [-0.05, 0) is 93.6 Å². The van der Waals surface area contributed by atoms with Crippen molar-refractivity contribution < 1.29 is 19.5 Å². The van der Waals surface area contributed by atoms with E-state index in [0.717, 1.165) is 50.4 Å². The van der Waals surface area contributed by atoms with Crippen LogP contribution in [0.4, 0.5) is 0 Å². The Morgan fingerprint density at radius 1 is 1.18 bits per heavy atom. The zero-order chi connectivity index (χ0) is 24.2. The van der Waals surface area contributed by atoms with E-state index in [9.17, 15) is 19.5 Å². The molecule has 0 amide bonds. The minimum Gasteiger partial charge on any atom is -0.481 e. The second-order valence-electron chi connectivity index (χ2n) is 12.0. The quantitative estimate of drug-likeness (QED) is 0.434. The van der Waals surface area contributed by atoms with Gasteiger partial charge in [-0.15, -0.1) is 0 Å². The Labute approximate surface area is 201 Å². The lowest BCUT2D eigenvalue weighted by Crippen LogP contribution is -2.52. The number of halogens is 1. The van der Waals surface area contributed by atoms with Crippen LogP contribution in [0.1, 0.15) is 77.5 Å². The lowest BCUT2D eigenvalue weighted by Gasteiger charge is -2.54. The number of carboxylic acid groups (broad SMARTS) is 1. The summed E-state index contributed by atoms with van der Waals surface area (Å²) in [5.74, 6) is -0.556. The van der Waals surface area contributed by atoms with Crippen LogP contribution in [0.3, 0.4) is 0 Å². The Morgan fingerprint density at radius 3 is 2.55 bits per heavy atom. The maximum Gasteiger partial charge on any atom is 0.309 e. The van der Waals surface area contributed by atoms with Gasteiger partial charge in [0.05, 0.1) is 11.1 Å². The first-order valence-corrected chi connectivity index (χ1v) is 12.6. The van der Waals surface area contributed by atoms with E-state index in [1.807, 2.05) is 6.07 Å². The summed E-state index contributed by atoms with van der Waals surface area (Å²) in [6.07, 6.45) is 7.91. The number of rotatable bonds is 6. The molecule has 0 saturated heterocycles. The van der Waals surface area contributed by atoms with Gasteiger partial charge < -0.3 is 14.7 Å². The fourth-order valence-corrected chi connectivity index (χ4v) is 7.77. The van der Waals surface area contributed by atoms with Crippen LogP contribution in [0.25, 0.3) is 0 Å². The van der Waals surface area contributed by atoms with Crippen molar-refractivity contribution in [2.45, 2.75) is 78.1 Å². The molecule has 0 radical (unpaired) electrons. The molecule has 1 aromatic heterocycles. The van der Waals surface area contributed by atoms with Crippen LogP contribution in [0.15, 0.2) is 12.1 Å². The van der Waals surface area contributed by atoms with Crippen LogP contribution in [-0.4, -0.2) is 28.6 Å². The zero-order valence-electron chi connectivity index (χ0n) is 20.1. The highest BCUT2D eigenvalue weighted by molar-refractivity contribution is 6.29. The van der Waals surface area contributed by atoms with Gasteiger partial charge in [-0.1, -0.05) is 31.5 Å². The van der Waals surface area contributed by atoms with Gasteiger partial charge in [0.2, 0.25) is 0 Å². The number of hydrogen-bond donors (Lipinski definition) is 1. The van der Waals surface area contributed by atoms with Crippen molar-refractivity contribution in [3.63, 3.8) is 0 Å². The van der Waals surface area contributed by atoms with Crippen molar-refractivity contribution in [1.29, 1.82) is 0 Å². The summed E-state index contributed by atoms with van der Waals surface area (Å²) in [5.41, 5.74) is 1.02. The third-order valence-corrected chi connectivity index (χ3v) is 9.93. The molecule has 1 N–H and O–H groups in total. The molecule has 7 atom stereocenters. The smallest absolute Gasteiger partial charge is 0.309 e. The molecule has 1 heterocycles. The molecule has 5 nitrogen and oxygen atoms in total. The number of nitrogens with zero attached hydrogens (tertiary/aromatic N) is 1. The maximum atomic E-state index is 12.6. The van der Waals surface area contributed by atoms with Crippen molar-refractivity contribution in [3.05, 3.63) is 28.5 Å². The van der Waals surface area contributed by atoms with E-state index in [2.05, 4.69) is 24.9 Å². The van der Waals surface area contributed by atoms with Crippen molar-refractivity contribution in [2.75, 3.05) is 0 Å². The Kier molecular flexibility index (Phi) is 6.26. The molecule has 3 aliphatic rings. The van der Waals surface area contributed by atoms with E-state index in [4.69, 9.17) is 11.6 Å². The maximum absolute atomic E-state index is 12.6. The molecule has 4 rings (SSSR count). The van der Waals surface area contributed by atoms with Crippen LogP contribution in [0.2, 0.25) is 5.15 Å². The van der Waals surface area contributed by atoms with Crippen molar-refractivity contribution >= 4 is 30.1 Å². The third kappa shape index (κ3) is 3.94. The SMILES string of the molecule is CC(C)(C[C@H]1CC[C@](C)([C@H]2CC[C@]3(C)c4nc(Cl)ccc4C[C@H]3[C@@H]2C=O)[C@@H](C=O)C1)C(=O)O. The fourth-order valence-electron chi connectivity index (χ4n) is 7.63. The van der Waals surface area contributed by atoms with Crippen LogP contribution in [0, 0.1) is 40.4 Å². The van der Waals surface area contributed by atoms with Crippen LogP contribution in [-0.2, 0) is 26.2 Å². The minimum atomic E-state index is -0.798. The Hall–Kier alpha value is -1.75. The number of aliphatic carboxylic acids is 1. The number of carbonyl (C=O) groups is 3.